The van der Waals surface area contributed by atoms with Crippen LogP contribution >= 0.6 is 0 Å². The van der Waals surface area contributed by atoms with Crippen molar-refractivity contribution >= 4 is 23.3 Å². The SMILES string of the molecule is CN1N=C(C(=O)NC2CCCN(c3nccn(C)c3=O)C2)CCC1=O. The van der Waals surface area contributed by atoms with E-state index in [9.17, 15) is 14.4 Å². The first kappa shape index (κ1) is 17.1. The molecule has 1 fully saturated rings. The van der Waals surface area contributed by atoms with Crippen LogP contribution in [-0.4, -0.2) is 58.3 Å². The Kier molecular flexibility index (Phi) is 4.82. The lowest BCUT2D eigenvalue weighted by Crippen LogP contribution is -2.51. The second-order valence-electron chi connectivity index (χ2n) is 6.39. The summed E-state index contributed by atoms with van der Waals surface area (Å²) in [7, 11) is 3.24. The molecule has 3 rings (SSSR count). The molecule has 1 aromatic heterocycles. The molecule has 3 heterocycles. The van der Waals surface area contributed by atoms with Crippen LogP contribution in [0.2, 0.25) is 0 Å². The van der Waals surface area contributed by atoms with Crippen molar-refractivity contribution in [1.82, 2.24) is 19.9 Å². The van der Waals surface area contributed by atoms with Gasteiger partial charge in [0.1, 0.15) is 5.71 Å². The fourth-order valence-electron chi connectivity index (χ4n) is 3.09. The van der Waals surface area contributed by atoms with E-state index in [0.717, 1.165) is 19.4 Å². The van der Waals surface area contributed by atoms with Crippen molar-refractivity contribution in [3.8, 4) is 0 Å². The zero-order valence-electron chi connectivity index (χ0n) is 14.4. The Bertz CT molecular complexity index is 771. The molecule has 0 aliphatic carbocycles. The van der Waals surface area contributed by atoms with Crippen molar-refractivity contribution in [2.24, 2.45) is 12.1 Å². The van der Waals surface area contributed by atoms with Crippen molar-refractivity contribution in [2.45, 2.75) is 31.7 Å². The number of aromatic nitrogens is 2. The lowest BCUT2D eigenvalue weighted by atomic mass is 10.0. The molecule has 1 aromatic rings. The normalized spacial score (nSPS) is 21.1. The van der Waals surface area contributed by atoms with Gasteiger partial charge < -0.3 is 14.8 Å². The number of nitrogens with zero attached hydrogens (tertiary/aromatic N) is 5. The molecule has 1 saturated heterocycles. The van der Waals surface area contributed by atoms with E-state index in [2.05, 4.69) is 15.4 Å². The predicted octanol–water partition coefficient (Wildman–Crippen LogP) is -0.526. The summed E-state index contributed by atoms with van der Waals surface area (Å²) >= 11 is 0. The molecule has 134 valence electrons. The standard InChI is InChI=1S/C16H22N6O3/c1-20-9-7-17-14(16(20)25)22-8-3-4-11(10-22)18-15(24)12-5-6-13(23)21(2)19-12/h7,9,11H,3-6,8,10H2,1-2H3,(H,18,24). The number of rotatable bonds is 3. The third-order valence-electron chi connectivity index (χ3n) is 4.52. The molecule has 2 aliphatic heterocycles. The van der Waals surface area contributed by atoms with E-state index in [4.69, 9.17) is 0 Å². The second kappa shape index (κ2) is 7.04. The molecule has 0 bridgehead atoms. The monoisotopic (exact) mass is 346 g/mol. The van der Waals surface area contributed by atoms with Gasteiger partial charge in [-0.2, -0.15) is 5.10 Å². The van der Waals surface area contributed by atoms with E-state index < -0.39 is 0 Å². The zero-order chi connectivity index (χ0) is 18.0. The summed E-state index contributed by atoms with van der Waals surface area (Å²) in [5.41, 5.74) is 0.222. The first-order valence-electron chi connectivity index (χ1n) is 8.37. The third kappa shape index (κ3) is 3.70. The molecular weight excluding hydrogens is 324 g/mol. The average Bonchev–Trinajstić information content (AvgIpc) is 2.60. The highest BCUT2D eigenvalue weighted by Gasteiger charge is 2.27. The Balaban J connectivity index is 1.67. The smallest absolute Gasteiger partial charge is 0.293 e. The Morgan fingerprint density at radius 2 is 2.08 bits per heavy atom. The molecule has 2 amide bonds. The van der Waals surface area contributed by atoms with Gasteiger partial charge in [-0.3, -0.25) is 14.4 Å². The fourth-order valence-corrected chi connectivity index (χ4v) is 3.09. The molecule has 0 saturated carbocycles. The molecule has 25 heavy (non-hydrogen) atoms. The van der Waals surface area contributed by atoms with Crippen LogP contribution < -0.4 is 15.8 Å². The molecule has 9 nitrogen and oxygen atoms in total. The largest absolute Gasteiger partial charge is 0.350 e. The predicted molar refractivity (Wildman–Crippen MR) is 92.3 cm³/mol. The van der Waals surface area contributed by atoms with Crippen LogP contribution in [0.5, 0.6) is 0 Å². The number of nitrogens with one attached hydrogen (secondary N) is 1. The summed E-state index contributed by atoms with van der Waals surface area (Å²) in [6.07, 6.45) is 5.55. The molecule has 1 N–H and O–H groups in total. The van der Waals surface area contributed by atoms with Gasteiger partial charge in [-0.15, -0.1) is 0 Å². The molecule has 0 aromatic carbocycles. The van der Waals surface area contributed by atoms with E-state index in [1.165, 1.54) is 9.58 Å². The lowest BCUT2D eigenvalue weighted by Gasteiger charge is -2.33. The maximum absolute atomic E-state index is 12.4. The Labute approximate surface area is 145 Å². The van der Waals surface area contributed by atoms with Gasteiger partial charge in [0.2, 0.25) is 5.91 Å². The van der Waals surface area contributed by atoms with Crippen molar-refractivity contribution < 1.29 is 9.59 Å². The topological polar surface area (TPSA) is 99.9 Å². The maximum Gasteiger partial charge on any atom is 0.293 e. The number of aryl methyl sites for hydroxylation is 1. The van der Waals surface area contributed by atoms with E-state index in [0.29, 0.717) is 30.9 Å². The average molecular weight is 346 g/mol. The molecule has 9 heteroatoms. The summed E-state index contributed by atoms with van der Waals surface area (Å²) < 4.78 is 1.49. The van der Waals surface area contributed by atoms with Gasteiger partial charge in [0, 0.05) is 58.5 Å². The minimum absolute atomic E-state index is 0.0846. The Morgan fingerprint density at radius 3 is 2.84 bits per heavy atom. The van der Waals surface area contributed by atoms with Gasteiger partial charge in [0.15, 0.2) is 5.82 Å². The number of amides is 2. The van der Waals surface area contributed by atoms with Crippen LogP contribution in [0.4, 0.5) is 5.82 Å². The molecule has 1 unspecified atom stereocenters. The molecule has 2 aliphatic rings. The quantitative estimate of drug-likeness (QED) is 0.793. The van der Waals surface area contributed by atoms with Crippen molar-refractivity contribution in [3.63, 3.8) is 0 Å². The van der Waals surface area contributed by atoms with Crippen LogP contribution in [0, 0.1) is 0 Å². The van der Waals surface area contributed by atoms with Gasteiger partial charge in [0.05, 0.1) is 0 Å². The highest BCUT2D eigenvalue weighted by atomic mass is 16.2. The lowest BCUT2D eigenvalue weighted by molar-refractivity contribution is -0.130. The van der Waals surface area contributed by atoms with E-state index in [-0.39, 0.29) is 23.4 Å². The Morgan fingerprint density at radius 1 is 1.28 bits per heavy atom. The number of hydrazone groups is 1. The highest BCUT2D eigenvalue weighted by Crippen LogP contribution is 2.15. The number of piperidine rings is 1. The summed E-state index contributed by atoms with van der Waals surface area (Å²) in [4.78, 5) is 42.2. The van der Waals surface area contributed by atoms with Gasteiger partial charge >= 0.3 is 0 Å². The summed E-state index contributed by atoms with van der Waals surface area (Å²) in [6, 6.07) is -0.0846. The highest BCUT2D eigenvalue weighted by molar-refractivity contribution is 6.39. The number of hydrogen-bond donors (Lipinski definition) is 1. The zero-order valence-corrected chi connectivity index (χ0v) is 14.4. The van der Waals surface area contributed by atoms with Gasteiger partial charge in [-0.1, -0.05) is 0 Å². The number of hydrogen-bond acceptors (Lipinski definition) is 6. The summed E-state index contributed by atoms with van der Waals surface area (Å²) in [6.45, 7) is 1.26. The van der Waals surface area contributed by atoms with E-state index >= 15 is 0 Å². The van der Waals surface area contributed by atoms with Crippen molar-refractivity contribution in [2.75, 3.05) is 25.0 Å². The molecule has 1 atom stereocenters. The van der Waals surface area contributed by atoms with E-state index in [1.54, 1.807) is 26.5 Å². The van der Waals surface area contributed by atoms with Crippen LogP contribution in [0.25, 0.3) is 0 Å². The first-order valence-corrected chi connectivity index (χ1v) is 8.37. The van der Waals surface area contributed by atoms with Gasteiger partial charge in [0.25, 0.3) is 11.5 Å². The number of anilines is 1. The first-order chi connectivity index (χ1) is 12.0. The van der Waals surface area contributed by atoms with Gasteiger partial charge in [-0.05, 0) is 12.8 Å². The number of carbonyl (C=O) groups excluding carboxylic acids is 2. The van der Waals surface area contributed by atoms with Crippen LogP contribution in [-0.2, 0) is 16.6 Å². The summed E-state index contributed by atoms with van der Waals surface area (Å²) in [5.74, 6) is 0.0656. The van der Waals surface area contributed by atoms with Crippen LogP contribution in [0.15, 0.2) is 22.3 Å². The minimum atomic E-state index is -0.250. The fraction of sp³-hybridized carbons (Fsp3) is 0.562. The van der Waals surface area contributed by atoms with Crippen molar-refractivity contribution in [3.05, 3.63) is 22.7 Å². The van der Waals surface area contributed by atoms with Crippen molar-refractivity contribution in [1.29, 1.82) is 0 Å². The molecular formula is C16H22N6O3. The Hall–Kier alpha value is -2.71. The minimum Gasteiger partial charge on any atom is -0.350 e. The van der Waals surface area contributed by atoms with Gasteiger partial charge in [-0.25, -0.2) is 9.99 Å². The maximum atomic E-state index is 12.4. The number of carbonyl (C=O) groups is 2. The van der Waals surface area contributed by atoms with E-state index in [1.807, 2.05) is 4.90 Å². The summed E-state index contributed by atoms with van der Waals surface area (Å²) in [5, 5.41) is 8.22. The third-order valence-corrected chi connectivity index (χ3v) is 4.52. The van der Waals surface area contributed by atoms with Crippen LogP contribution in [0.3, 0.4) is 0 Å². The molecule has 0 radical (unpaired) electrons. The molecule has 0 spiro atoms. The van der Waals surface area contributed by atoms with Crippen LogP contribution in [0.1, 0.15) is 25.7 Å². The second-order valence-corrected chi connectivity index (χ2v) is 6.39.